The van der Waals surface area contributed by atoms with Gasteiger partial charge in [0.2, 0.25) is 0 Å². The van der Waals surface area contributed by atoms with Crippen LogP contribution in [0.2, 0.25) is 0 Å². The second kappa shape index (κ2) is 3.52. The number of aromatic carboxylic acids is 1. The number of carboxylic acids is 1. The highest BCUT2D eigenvalue weighted by Crippen LogP contribution is 2.22. The molecule has 0 fully saturated rings. The minimum Gasteiger partial charge on any atom is -0.478 e. The van der Waals surface area contributed by atoms with Gasteiger partial charge in [0, 0.05) is 0 Å². The van der Waals surface area contributed by atoms with Crippen LogP contribution < -0.4 is 5.73 Å². The Labute approximate surface area is 86.1 Å². The number of aryl methyl sites for hydroxylation is 1. The molecular weight excluding hydrogens is 222 g/mol. The highest BCUT2D eigenvalue weighted by molar-refractivity contribution is 7.86. The van der Waals surface area contributed by atoms with Gasteiger partial charge in [0.15, 0.2) is 0 Å². The molecule has 0 spiro atoms. The van der Waals surface area contributed by atoms with E-state index in [9.17, 15) is 13.2 Å². The van der Waals surface area contributed by atoms with Crippen LogP contribution in [0.5, 0.6) is 0 Å². The van der Waals surface area contributed by atoms with E-state index in [-0.39, 0.29) is 16.8 Å². The predicted molar refractivity (Wildman–Crippen MR) is 52.4 cm³/mol. The van der Waals surface area contributed by atoms with E-state index in [1.807, 2.05) is 0 Å². The minimum atomic E-state index is -4.42. The molecule has 0 unspecified atom stereocenters. The molecule has 82 valence electrons. The Hall–Kier alpha value is -1.60. The fourth-order valence-corrected chi connectivity index (χ4v) is 1.83. The van der Waals surface area contributed by atoms with Crippen LogP contribution in [-0.4, -0.2) is 24.0 Å². The van der Waals surface area contributed by atoms with Gasteiger partial charge in [-0.25, -0.2) is 4.79 Å². The van der Waals surface area contributed by atoms with Gasteiger partial charge >= 0.3 is 5.97 Å². The van der Waals surface area contributed by atoms with Gasteiger partial charge in [0.1, 0.15) is 4.90 Å². The Morgan fingerprint density at radius 1 is 1.40 bits per heavy atom. The summed E-state index contributed by atoms with van der Waals surface area (Å²) in [6, 6.07) is 2.02. The molecule has 0 aliphatic rings. The molecule has 0 aliphatic heterocycles. The Balaban J connectivity index is 3.52. The van der Waals surface area contributed by atoms with Crippen LogP contribution in [0, 0.1) is 6.92 Å². The van der Waals surface area contributed by atoms with Crippen molar-refractivity contribution in [2.45, 2.75) is 11.8 Å². The number of carboxylic acid groups (broad SMARTS) is 1. The molecule has 0 radical (unpaired) electrons. The van der Waals surface area contributed by atoms with E-state index < -0.39 is 21.0 Å². The van der Waals surface area contributed by atoms with Crippen molar-refractivity contribution in [1.82, 2.24) is 0 Å². The maximum absolute atomic E-state index is 10.8. The molecule has 0 bridgehead atoms. The Morgan fingerprint density at radius 2 is 1.93 bits per heavy atom. The zero-order valence-corrected chi connectivity index (χ0v) is 8.58. The first-order valence-corrected chi connectivity index (χ1v) is 5.28. The topological polar surface area (TPSA) is 118 Å². The molecule has 0 aromatic heterocycles. The number of benzene rings is 1. The lowest BCUT2D eigenvalue weighted by atomic mass is 10.1. The molecule has 0 saturated heterocycles. The van der Waals surface area contributed by atoms with E-state index in [0.29, 0.717) is 0 Å². The summed E-state index contributed by atoms with van der Waals surface area (Å²) in [4.78, 5) is 10.2. The lowest BCUT2D eigenvalue weighted by Gasteiger charge is -2.06. The molecule has 0 heterocycles. The lowest BCUT2D eigenvalue weighted by molar-refractivity contribution is 0.0696. The summed E-state index contributed by atoms with van der Waals surface area (Å²) < 4.78 is 30.4. The zero-order valence-electron chi connectivity index (χ0n) is 7.76. The number of nitrogens with two attached hydrogens (primary N) is 1. The van der Waals surface area contributed by atoms with Crippen molar-refractivity contribution in [3.63, 3.8) is 0 Å². The number of anilines is 1. The smallest absolute Gasteiger partial charge is 0.336 e. The molecule has 15 heavy (non-hydrogen) atoms. The fraction of sp³-hybridized carbons (Fsp3) is 0.125. The maximum atomic E-state index is 10.8. The van der Waals surface area contributed by atoms with Gasteiger partial charge in [-0.1, -0.05) is 0 Å². The van der Waals surface area contributed by atoms with Gasteiger partial charge in [-0.05, 0) is 24.6 Å². The molecule has 7 heteroatoms. The zero-order chi connectivity index (χ0) is 11.8. The third kappa shape index (κ3) is 2.25. The summed E-state index contributed by atoms with van der Waals surface area (Å²) >= 11 is 0. The Bertz CT molecular complexity index is 520. The Morgan fingerprint density at radius 3 is 2.33 bits per heavy atom. The van der Waals surface area contributed by atoms with Crippen LogP contribution in [0.3, 0.4) is 0 Å². The van der Waals surface area contributed by atoms with Crippen molar-refractivity contribution >= 4 is 21.8 Å². The summed E-state index contributed by atoms with van der Waals surface area (Å²) in [5.41, 5.74) is 5.14. The molecule has 0 saturated carbocycles. The first-order valence-electron chi connectivity index (χ1n) is 3.84. The predicted octanol–water partition coefficient (Wildman–Crippen LogP) is 0.522. The maximum Gasteiger partial charge on any atom is 0.336 e. The largest absolute Gasteiger partial charge is 0.478 e. The van der Waals surface area contributed by atoms with E-state index in [1.54, 1.807) is 0 Å². The molecule has 1 aromatic rings. The van der Waals surface area contributed by atoms with E-state index in [4.69, 9.17) is 15.4 Å². The van der Waals surface area contributed by atoms with Crippen molar-refractivity contribution in [1.29, 1.82) is 0 Å². The highest BCUT2D eigenvalue weighted by Gasteiger charge is 2.18. The quantitative estimate of drug-likeness (QED) is 0.504. The first-order chi connectivity index (χ1) is 6.73. The van der Waals surface area contributed by atoms with Gasteiger partial charge in [0.05, 0.1) is 11.3 Å². The molecule has 0 aliphatic carbocycles. The van der Waals surface area contributed by atoms with Crippen molar-refractivity contribution in [3.8, 4) is 0 Å². The SMILES string of the molecule is Cc1cc(S(=O)(=O)O)c(N)cc1C(=O)O. The second-order valence-corrected chi connectivity index (χ2v) is 4.38. The molecular formula is C8H9NO5S. The van der Waals surface area contributed by atoms with Gasteiger partial charge in [-0.3, -0.25) is 4.55 Å². The number of nitrogen functional groups attached to an aromatic ring is 1. The molecule has 4 N–H and O–H groups in total. The molecule has 6 nitrogen and oxygen atoms in total. The van der Waals surface area contributed by atoms with Gasteiger partial charge in [0.25, 0.3) is 10.1 Å². The van der Waals surface area contributed by atoms with Crippen LogP contribution >= 0.6 is 0 Å². The summed E-state index contributed by atoms with van der Waals surface area (Å²) in [7, 11) is -4.42. The molecule has 1 rings (SSSR count). The van der Waals surface area contributed by atoms with Gasteiger partial charge in [-0.2, -0.15) is 8.42 Å². The summed E-state index contributed by atoms with van der Waals surface area (Å²) in [6.45, 7) is 1.41. The first kappa shape index (κ1) is 11.5. The standard InChI is InChI=1S/C8H9NO5S/c1-4-2-7(15(12,13)14)6(9)3-5(4)8(10)11/h2-3H,9H2,1H3,(H,10,11)(H,12,13,14). The number of hydrogen-bond acceptors (Lipinski definition) is 4. The lowest BCUT2D eigenvalue weighted by Crippen LogP contribution is -2.07. The average molecular weight is 231 g/mol. The summed E-state index contributed by atoms with van der Waals surface area (Å²) in [5, 5.41) is 8.72. The van der Waals surface area contributed by atoms with E-state index >= 15 is 0 Å². The minimum absolute atomic E-state index is 0.0973. The molecule has 0 atom stereocenters. The van der Waals surface area contributed by atoms with Crippen molar-refractivity contribution in [2.75, 3.05) is 5.73 Å². The average Bonchev–Trinajstić information content (AvgIpc) is 2.06. The van der Waals surface area contributed by atoms with Crippen molar-refractivity contribution < 1.29 is 22.9 Å². The third-order valence-electron chi connectivity index (χ3n) is 1.87. The monoisotopic (exact) mass is 231 g/mol. The third-order valence-corrected chi connectivity index (χ3v) is 2.77. The number of carbonyl (C=O) groups is 1. The van der Waals surface area contributed by atoms with Crippen LogP contribution in [0.25, 0.3) is 0 Å². The summed E-state index contributed by atoms with van der Waals surface area (Å²) in [5.74, 6) is -1.21. The van der Waals surface area contributed by atoms with Crippen LogP contribution in [-0.2, 0) is 10.1 Å². The van der Waals surface area contributed by atoms with Crippen molar-refractivity contribution in [3.05, 3.63) is 23.3 Å². The fourth-order valence-electron chi connectivity index (χ4n) is 1.15. The normalized spacial score (nSPS) is 11.3. The Kier molecular flexibility index (Phi) is 2.69. The van der Waals surface area contributed by atoms with Crippen LogP contribution in [0.4, 0.5) is 5.69 Å². The second-order valence-electron chi connectivity index (χ2n) is 2.99. The van der Waals surface area contributed by atoms with Gasteiger partial charge in [-0.15, -0.1) is 0 Å². The molecule has 0 amide bonds. The van der Waals surface area contributed by atoms with E-state index in [0.717, 1.165) is 12.1 Å². The van der Waals surface area contributed by atoms with E-state index in [2.05, 4.69) is 0 Å². The highest BCUT2D eigenvalue weighted by atomic mass is 32.2. The summed E-state index contributed by atoms with van der Waals surface area (Å²) in [6.07, 6.45) is 0. The van der Waals surface area contributed by atoms with Crippen molar-refractivity contribution in [2.24, 2.45) is 0 Å². The van der Waals surface area contributed by atoms with Crippen LogP contribution in [0.1, 0.15) is 15.9 Å². The van der Waals surface area contributed by atoms with Crippen LogP contribution in [0.15, 0.2) is 17.0 Å². The van der Waals surface area contributed by atoms with Gasteiger partial charge < -0.3 is 10.8 Å². The number of rotatable bonds is 2. The van der Waals surface area contributed by atoms with E-state index in [1.165, 1.54) is 6.92 Å². The number of hydrogen-bond donors (Lipinski definition) is 3. The molecule has 1 aromatic carbocycles.